The third-order valence-corrected chi connectivity index (χ3v) is 4.36. The number of carbonyl (C=O) groups is 1. The van der Waals surface area contributed by atoms with Gasteiger partial charge in [-0.2, -0.15) is 13.2 Å². The molecule has 0 radical (unpaired) electrons. The van der Waals surface area contributed by atoms with E-state index in [0.717, 1.165) is 18.5 Å². The van der Waals surface area contributed by atoms with E-state index >= 15 is 0 Å². The number of aromatic carboxylic acids is 1. The first-order valence-corrected chi connectivity index (χ1v) is 8.17. The Kier molecular flexibility index (Phi) is 7.11. The highest BCUT2D eigenvalue weighted by atomic mass is 19.4. The van der Waals surface area contributed by atoms with E-state index < -0.39 is 17.6 Å². The van der Waals surface area contributed by atoms with Gasteiger partial charge in [-0.1, -0.05) is 33.6 Å². The average molecular weight is 345 g/mol. The maximum atomic E-state index is 12.8. The number of halogens is 3. The molecule has 0 heterocycles. The monoisotopic (exact) mass is 345 g/mol. The van der Waals surface area contributed by atoms with Gasteiger partial charge in [-0.05, 0) is 43.0 Å². The Balaban J connectivity index is 2.27. The molecule has 1 atom stereocenters. The molecule has 3 nitrogen and oxygen atoms in total. The second-order valence-corrected chi connectivity index (χ2v) is 6.98. The molecule has 0 spiro atoms. The lowest BCUT2D eigenvalue weighted by Gasteiger charge is -2.28. The van der Waals surface area contributed by atoms with Crippen molar-refractivity contribution in [2.24, 2.45) is 11.3 Å². The number of rotatable bonds is 9. The van der Waals surface area contributed by atoms with Crippen molar-refractivity contribution in [3.05, 3.63) is 29.8 Å². The third kappa shape index (κ3) is 6.42. The minimum Gasteiger partial charge on any atom is -0.478 e. The molecule has 136 valence electrons. The average Bonchev–Trinajstić information content (AvgIpc) is 2.46. The number of benzene rings is 1. The molecule has 1 rings (SSSR count). The zero-order valence-electron chi connectivity index (χ0n) is 14.4. The topological polar surface area (TPSA) is 49.3 Å². The number of alkyl halides is 3. The zero-order valence-corrected chi connectivity index (χ0v) is 14.4. The second kappa shape index (κ2) is 8.40. The van der Waals surface area contributed by atoms with Gasteiger partial charge in [-0.3, -0.25) is 0 Å². The van der Waals surface area contributed by atoms with Crippen LogP contribution in [0, 0.1) is 11.3 Å². The lowest BCUT2D eigenvalue weighted by Crippen LogP contribution is -2.32. The number of carboxylic acid groups (broad SMARTS) is 1. The van der Waals surface area contributed by atoms with Gasteiger partial charge in [-0.25, -0.2) is 4.79 Å². The van der Waals surface area contributed by atoms with Crippen LogP contribution in [0.25, 0.3) is 0 Å². The Labute approximate surface area is 141 Å². The van der Waals surface area contributed by atoms with Crippen molar-refractivity contribution >= 4 is 11.7 Å². The van der Waals surface area contributed by atoms with Gasteiger partial charge in [0.05, 0.1) is 11.0 Å². The molecule has 1 aromatic rings. The van der Waals surface area contributed by atoms with Gasteiger partial charge in [0.25, 0.3) is 0 Å². The van der Waals surface area contributed by atoms with Crippen LogP contribution < -0.4 is 5.32 Å². The molecular weight excluding hydrogens is 319 g/mol. The summed E-state index contributed by atoms with van der Waals surface area (Å²) < 4.78 is 38.3. The quantitative estimate of drug-likeness (QED) is 0.614. The predicted molar refractivity (Wildman–Crippen MR) is 89.4 cm³/mol. The first-order valence-electron chi connectivity index (χ1n) is 8.17. The Bertz CT molecular complexity index is 524. The number of nitrogens with one attached hydrogen (secondary N) is 1. The number of anilines is 1. The predicted octanol–water partition coefficient (Wildman–Crippen LogP) is 5.58. The molecule has 0 aromatic heterocycles. The highest BCUT2D eigenvalue weighted by Gasteiger charge is 2.46. The highest BCUT2D eigenvalue weighted by molar-refractivity contribution is 5.87. The van der Waals surface area contributed by atoms with E-state index in [1.54, 1.807) is 12.1 Å². The SMILES string of the molecule is CC(CCCC(C)(C)C(F)(F)F)CCNc1ccc(C(=O)O)cc1. The summed E-state index contributed by atoms with van der Waals surface area (Å²) >= 11 is 0. The maximum absolute atomic E-state index is 12.8. The highest BCUT2D eigenvalue weighted by Crippen LogP contribution is 2.41. The van der Waals surface area contributed by atoms with Crippen LogP contribution in [0.1, 0.15) is 56.8 Å². The van der Waals surface area contributed by atoms with Crippen molar-refractivity contribution in [1.82, 2.24) is 0 Å². The Morgan fingerprint density at radius 3 is 2.25 bits per heavy atom. The van der Waals surface area contributed by atoms with Gasteiger partial charge in [-0.15, -0.1) is 0 Å². The molecule has 1 aromatic carbocycles. The van der Waals surface area contributed by atoms with Crippen molar-refractivity contribution in [3.8, 4) is 0 Å². The minimum absolute atomic E-state index is 0.144. The van der Waals surface area contributed by atoms with Crippen molar-refractivity contribution in [3.63, 3.8) is 0 Å². The summed E-state index contributed by atoms with van der Waals surface area (Å²) in [6.45, 7) is 5.24. The van der Waals surface area contributed by atoms with Crippen LogP contribution in [0.15, 0.2) is 24.3 Å². The van der Waals surface area contributed by atoms with Gasteiger partial charge in [0.1, 0.15) is 0 Å². The van der Waals surface area contributed by atoms with Gasteiger partial charge in [0.15, 0.2) is 0 Å². The van der Waals surface area contributed by atoms with Crippen LogP contribution in [-0.4, -0.2) is 23.8 Å². The van der Waals surface area contributed by atoms with Crippen molar-refractivity contribution < 1.29 is 23.1 Å². The summed E-state index contributed by atoms with van der Waals surface area (Å²) in [6, 6.07) is 6.49. The summed E-state index contributed by atoms with van der Waals surface area (Å²) in [4.78, 5) is 10.8. The van der Waals surface area contributed by atoms with Crippen LogP contribution in [0.3, 0.4) is 0 Å². The Morgan fingerprint density at radius 2 is 1.75 bits per heavy atom. The summed E-state index contributed by atoms with van der Waals surface area (Å²) in [7, 11) is 0. The number of hydrogen-bond acceptors (Lipinski definition) is 2. The van der Waals surface area contributed by atoms with E-state index in [0.29, 0.717) is 18.9 Å². The van der Waals surface area contributed by atoms with Gasteiger partial charge < -0.3 is 10.4 Å². The smallest absolute Gasteiger partial charge is 0.393 e. The van der Waals surface area contributed by atoms with Crippen LogP contribution in [-0.2, 0) is 0 Å². The number of carboxylic acids is 1. The molecule has 24 heavy (non-hydrogen) atoms. The fourth-order valence-electron chi connectivity index (χ4n) is 2.37. The molecule has 6 heteroatoms. The molecular formula is C18H26F3NO2. The first kappa shape index (κ1) is 20.3. The molecule has 2 N–H and O–H groups in total. The fourth-order valence-corrected chi connectivity index (χ4v) is 2.37. The normalized spacial score (nSPS) is 13.6. The zero-order chi connectivity index (χ0) is 18.4. The molecule has 1 unspecified atom stereocenters. The largest absolute Gasteiger partial charge is 0.478 e. The van der Waals surface area contributed by atoms with E-state index in [-0.39, 0.29) is 12.0 Å². The standard InChI is InChI=1S/C18H26F3NO2/c1-13(5-4-11-17(2,3)18(19,20)21)10-12-22-15-8-6-14(7-9-15)16(23)24/h6-9,13,22H,4-5,10-12H2,1-3H3,(H,23,24). The molecule has 0 amide bonds. The molecule has 0 aliphatic rings. The fraction of sp³-hybridized carbons (Fsp3) is 0.611. The van der Waals surface area contributed by atoms with E-state index in [9.17, 15) is 18.0 Å². The van der Waals surface area contributed by atoms with Crippen LogP contribution in [0.5, 0.6) is 0 Å². The van der Waals surface area contributed by atoms with Crippen LogP contribution in [0.4, 0.5) is 18.9 Å². The van der Waals surface area contributed by atoms with Gasteiger partial charge >= 0.3 is 12.1 Å². The van der Waals surface area contributed by atoms with E-state index in [2.05, 4.69) is 5.32 Å². The molecule has 0 saturated carbocycles. The Morgan fingerprint density at radius 1 is 1.17 bits per heavy atom. The van der Waals surface area contributed by atoms with E-state index in [1.807, 2.05) is 6.92 Å². The summed E-state index contributed by atoms with van der Waals surface area (Å²) in [5.41, 5.74) is -0.553. The number of hydrogen-bond donors (Lipinski definition) is 2. The molecule has 0 bridgehead atoms. The van der Waals surface area contributed by atoms with Crippen LogP contribution >= 0.6 is 0 Å². The minimum atomic E-state index is -4.15. The third-order valence-electron chi connectivity index (χ3n) is 4.36. The molecule has 0 aliphatic heterocycles. The molecule has 0 aliphatic carbocycles. The van der Waals surface area contributed by atoms with Gasteiger partial charge in [0, 0.05) is 12.2 Å². The van der Waals surface area contributed by atoms with Crippen LogP contribution in [0.2, 0.25) is 0 Å². The maximum Gasteiger partial charge on any atom is 0.393 e. The lowest BCUT2D eigenvalue weighted by atomic mass is 9.85. The summed E-state index contributed by atoms with van der Waals surface area (Å²) in [5.74, 6) is -0.628. The van der Waals surface area contributed by atoms with Crippen molar-refractivity contribution in [2.75, 3.05) is 11.9 Å². The lowest BCUT2D eigenvalue weighted by molar-refractivity contribution is -0.214. The van der Waals surface area contributed by atoms with Gasteiger partial charge in [0.2, 0.25) is 0 Å². The van der Waals surface area contributed by atoms with E-state index in [4.69, 9.17) is 5.11 Å². The molecule has 0 saturated heterocycles. The second-order valence-electron chi connectivity index (χ2n) is 6.98. The van der Waals surface area contributed by atoms with E-state index in [1.165, 1.54) is 26.0 Å². The van der Waals surface area contributed by atoms with Crippen molar-refractivity contribution in [1.29, 1.82) is 0 Å². The summed E-state index contributed by atoms with van der Waals surface area (Å²) in [6.07, 6.45) is -1.84. The first-order chi connectivity index (χ1) is 11.0. The Hall–Kier alpha value is -1.72. The summed E-state index contributed by atoms with van der Waals surface area (Å²) in [5, 5.41) is 12.0. The van der Waals surface area contributed by atoms with Crippen molar-refractivity contribution in [2.45, 2.75) is 52.6 Å². The molecule has 0 fully saturated rings.